The number of aromatic nitrogens is 4. The van der Waals surface area contributed by atoms with E-state index in [0.29, 0.717) is 12.4 Å². The van der Waals surface area contributed by atoms with E-state index in [-0.39, 0.29) is 0 Å². The molecule has 0 aliphatic carbocycles. The fraction of sp³-hybridized carbons (Fsp3) is 0.125. The first-order valence-corrected chi connectivity index (χ1v) is 4.84. The second-order valence-corrected chi connectivity index (χ2v) is 3.59. The standard InChI is InChI=1S/C8H8BrN5/c9-6-2-1-3-7(4-6)14-12-8(5-10)11-13-14/h1-4H,5,10H2. The van der Waals surface area contributed by atoms with Gasteiger partial charge in [0.25, 0.3) is 0 Å². The average molecular weight is 254 g/mol. The van der Waals surface area contributed by atoms with Crippen LogP contribution in [0.4, 0.5) is 0 Å². The van der Waals surface area contributed by atoms with Crippen molar-refractivity contribution in [3.63, 3.8) is 0 Å². The summed E-state index contributed by atoms with van der Waals surface area (Å²) in [5, 5.41) is 11.7. The Morgan fingerprint density at radius 3 is 2.93 bits per heavy atom. The van der Waals surface area contributed by atoms with Crippen LogP contribution in [0.1, 0.15) is 5.82 Å². The third-order valence-corrected chi connectivity index (χ3v) is 2.17. The summed E-state index contributed by atoms with van der Waals surface area (Å²) < 4.78 is 0.974. The molecule has 0 fully saturated rings. The van der Waals surface area contributed by atoms with Crippen molar-refractivity contribution in [2.24, 2.45) is 5.73 Å². The van der Waals surface area contributed by atoms with Gasteiger partial charge >= 0.3 is 0 Å². The van der Waals surface area contributed by atoms with Gasteiger partial charge in [-0.2, -0.15) is 0 Å². The summed E-state index contributed by atoms with van der Waals surface area (Å²) in [4.78, 5) is 1.45. The molecule has 0 radical (unpaired) electrons. The molecule has 0 spiro atoms. The van der Waals surface area contributed by atoms with Gasteiger partial charge in [0.2, 0.25) is 0 Å². The highest BCUT2D eigenvalue weighted by atomic mass is 79.9. The summed E-state index contributed by atoms with van der Waals surface area (Å²) in [6.07, 6.45) is 0. The highest BCUT2D eigenvalue weighted by Crippen LogP contribution is 2.13. The second-order valence-electron chi connectivity index (χ2n) is 2.68. The highest BCUT2D eigenvalue weighted by molar-refractivity contribution is 9.10. The third kappa shape index (κ3) is 1.80. The van der Waals surface area contributed by atoms with Gasteiger partial charge in [-0.25, -0.2) is 0 Å². The van der Waals surface area contributed by atoms with Gasteiger partial charge in [-0.05, 0) is 23.4 Å². The number of nitrogens with two attached hydrogens (primary N) is 1. The molecule has 2 rings (SSSR count). The molecule has 0 unspecified atom stereocenters. The van der Waals surface area contributed by atoms with Gasteiger partial charge in [0.15, 0.2) is 5.82 Å². The van der Waals surface area contributed by atoms with E-state index in [4.69, 9.17) is 5.73 Å². The number of rotatable bonds is 2. The SMILES string of the molecule is NCc1nnn(-c2cccc(Br)c2)n1. The molecule has 0 amide bonds. The Morgan fingerprint density at radius 1 is 1.43 bits per heavy atom. The first-order chi connectivity index (χ1) is 6.79. The molecule has 14 heavy (non-hydrogen) atoms. The van der Waals surface area contributed by atoms with Gasteiger partial charge in [0, 0.05) is 4.47 Å². The minimum atomic E-state index is 0.300. The van der Waals surface area contributed by atoms with Gasteiger partial charge in [-0.15, -0.1) is 15.0 Å². The lowest BCUT2D eigenvalue weighted by molar-refractivity contribution is 0.717. The predicted molar refractivity (Wildman–Crippen MR) is 54.7 cm³/mol. The molecule has 0 aliphatic heterocycles. The number of benzene rings is 1. The minimum Gasteiger partial charge on any atom is -0.324 e. The maximum atomic E-state index is 5.38. The monoisotopic (exact) mass is 253 g/mol. The summed E-state index contributed by atoms with van der Waals surface area (Å²) >= 11 is 3.37. The lowest BCUT2D eigenvalue weighted by Crippen LogP contribution is -2.01. The molecular weight excluding hydrogens is 246 g/mol. The highest BCUT2D eigenvalue weighted by Gasteiger charge is 2.02. The van der Waals surface area contributed by atoms with Gasteiger partial charge in [0.1, 0.15) is 0 Å². The molecule has 5 nitrogen and oxygen atoms in total. The topological polar surface area (TPSA) is 69.6 Å². The molecule has 6 heteroatoms. The maximum Gasteiger partial charge on any atom is 0.188 e. The zero-order valence-electron chi connectivity index (χ0n) is 7.26. The van der Waals surface area contributed by atoms with Crippen LogP contribution in [0, 0.1) is 0 Å². The van der Waals surface area contributed by atoms with E-state index in [1.165, 1.54) is 4.80 Å². The lowest BCUT2D eigenvalue weighted by atomic mass is 10.3. The van der Waals surface area contributed by atoms with Gasteiger partial charge in [0.05, 0.1) is 12.2 Å². The molecule has 2 aromatic rings. The summed E-state index contributed by atoms with van der Waals surface area (Å²) in [6.45, 7) is 0.300. The Labute approximate surface area is 89.0 Å². The van der Waals surface area contributed by atoms with Crippen LogP contribution in [-0.4, -0.2) is 20.2 Å². The molecule has 0 saturated heterocycles. The zero-order valence-corrected chi connectivity index (χ0v) is 8.85. The third-order valence-electron chi connectivity index (χ3n) is 1.68. The van der Waals surface area contributed by atoms with Crippen molar-refractivity contribution in [2.75, 3.05) is 0 Å². The summed E-state index contributed by atoms with van der Waals surface area (Å²) in [5.41, 5.74) is 6.24. The Morgan fingerprint density at radius 2 is 2.29 bits per heavy atom. The van der Waals surface area contributed by atoms with Crippen LogP contribution in [0.25, 0.3) is 5.69 Å². The summed E-state index contributed by atoms with van der Waals surface area (Å²) in [7, 11) is 0. The number of hydrogen-bond acceptors (Lipinski definition) is 4. The Balaban J connectivity index is 2.39. The molecule has 0 atom stereocenters. The Kier molecular flexibility index (Phi) is 2.55. The van der Waals surface area contributed by atoms with Crippen molar-refractivity contribution in [3.8, 4) is 5.69 Å². The fourth-order valence-electron chi connectivity index (χ4n) is 1.03. The van der Waals surface area contributed by atoms with Crippen LogP contribution < -0.4 is 5.73 Å². The number of hydrogen-bond donors (Lipinski definition) is 1. The van der Waals surface area contributed by atoms with Crippen molar-refractivity contribution in [2.45, 2.75) is 6.54 Å². The van der Waals surface area contributed by atoms with E-state index < -0.39 is 0 Å². The largest absolute Gasteiger partial charge is 0.324 e. The number of nitrogens with zero attached hydrogens (tertiary/aromatic N) is 4. The van der Waals surface area contributed by atoms with Gasteiger partial charge in [-0.3, -0.25) is 0 Å². The van der Waals surface area contributed by atoms with Crippen molar-refractivity contribution in [1.29, 1.82) is 0 Å². The van der Waals surface area contributed by atoms with Gasteiger partial charge in [-0.1, -0.05) is 22.0 Å². The maximum absolute atomic E-state index is 5.38. The molecule has 1 aromatic carbocycles. The number of halogens is 1. The van der Waals surface area contributed by atoms with Crippen LogP contribution in [0.3, 0.4) is 0 Å². The normalized spacial score (nSPS) is 10.4. The van der Waals surface area contributed by atoms with Crippen molar-refractivity contribution in [3.05, 3.63) is 34.6 Å². The van der Waals surface area contributed by atoms with Crippen molar-refractivity contribution >= 4 is 15.9 Å². The Bertz CT molecular complexity index is 439. The van der Waals surface area contributed by atoms with E-state index in [0.717, 1.165) is 10.2 Å². The smallest absolute Gasteiger partial charge is 0.188 e. The fourth-order valence-corrected chi connectivity index (χ4v) is 1.42. The first kappa shape index (κ1) is 9.29. The Hall–Kier alpha value is -1.27. The van der Waals surface area contributed by atoms with E-state index >= 15 is 0 Å². The van der Waals surface area contributed by atoms with Crippen LogP contribution in [0.15, 0.2) is 28.7 Å². The molecule has 1 heterocycles. The van der Waals surface area contributed by atoms with Crippen LogP contribution >= 0.6 is 15.9 Å². The van der Waals surface area contributed by atoms with E-state index in [1.54, 1.807) is 0 Å². The predicted octanol–water partition coefficient (Wildman–Crippen LogP) is 0.883. The minimum absolute atomic E-state index is 0.300. The molecule has 72 valence electrons. The quantitative estimate of drug-likeness (QED) is 0.863. The van der Waals surface area contributed by atoms with Crippen LogP contribution in [0.2, 0.25) is 0 Å². The molecule has 0 aliphatic rings. The van der Waals surface area contributed by atoms with Crippen LogP contribution in [0.5, 0.6) is 0 Å². The molecule has 1 aromatic heterocycles. The van der Waals surface area contributed by atoms with Crippen molar-refractivity contribution in [1.82, 2.24) is 20.2 Å². The average Bonchev–Trinajstić information content (AvgIpc) is 2.66. The van der Waals surface area contributed by atoms with Gasteiger partial charge < -0.3 is 5.73 Å². The number of tetrazole rings is 1. The zero-order chi connectivity index (χ0) is 9.97. The summed E-state index contributed by atoms with van der Waals surface area (Å²) in [5.74, 6) is 0.532. The molecule has 0 bridgehead atoms. The van der Waals surface area contributed by atoms with E-state index in [2.05, 4.69) is 31.3 Å². The van der Waals surface area contributed by atoms with E-state index in [1.807, 2.05) is 24.3 Å². The molecular formula is C8H8BrN5. The van der Waals surface area contributed by atoms with E-state index in [9.17, 15) is 0 Å². The van der Waals surface area contributed by atoms with Crippen LogP contribution in [-0.2, 0) is 6.54 Å². The molecule has 2 N–H and O–H groups in total. The molecule has 0 saturated carbocycles. The second kappa shape index (κ2) is 3.85. The first-order valence-electron chi connectivity index (χ1n) is 4.04. The van der Waals surface area contributed by atoms with Crippen molar-refractivity contribution < 1.29 is 0 Å². The summed E-state index contributed by atoms with van der Waals surface area (Å²) in [6, 6.07) is 7.64. The lowest BCUT2D eigenvalue weighted by Gasteiger charge is -1.97.